The smallest absolute Gasteiger partial charge is 0.259 e. The van der Waals surface area contributed by atoms with Crippen molar-refractivity contribution in [2.75, 3.05) is 19.1 Å². The molecule has 0 saturated heterocycles. The fourth-order valence-electron chi connectivity index (χ4n) is 8.09. The molecule has 252 valence electrons. The van der Waals surface area contributed by atoms with E-state index in [1.165, 1.54) is 0 Å². The van der Waals surface area contributed by atoms with Crippen molar-refractivity contribution in [3.63, 3.8) is 0 Å². The molecule has 0 radical (unpaired) electrons. The first kappa shape index (κ1) is 32.7. The molecular weight excluding hydrogens is 698 g/mol. The second-order valence-corrected chi connectivity index (χ2v) is 14.7. The molecule has 1 amide bonds. The maximum absolute atomic E-state index is 14.3. The fraction of sp³-hybridized carbons (Fsp3) is 0.156. The van der Waals surface area contributed by atoms with E-state index in [2.05, 4.69) is 84.4 Å². The Morgan fingerprint density at radius 1 is 0.843 bits per heavy atom. The Morgan fingerprint density at radius 2 is 1.49 bits per heavy atom. The summed E-state index contributed by atoms with van der Waals surface area (Å²) in [4.78, 5) is 29.2. The minimum atomic E-state index is -0.908. The summed E-state index contributed by atoms with van der Waals surface area (Å²) in [5.74, 6) is 1.32. The second-order valence-electron chi connectivity index (χ2n) is 13.8. The highest BCUT2D eigenvalue weighted by Crippen LogP contribution is 2.59. The number of benzene rings is 6. The molecule has 6 aromatic carbocycles. The molecule has 5 nitrogen and oxygen atoms in total. The van der Waals surface area contributed by atoms with Gasteiger partial charge in [0.25, 0.3) is 5.91 Å². The van der Waals surface area contributed by atoms with Crippen molar-refractivity contribution in [1.82, 2.24) is 0 Å². The van der Waals surface area contributed by atoms with Crippen LogP contribution in [0.4, 0.5) is 5.69 Å². The van der Waals surface area contributed by atoms with Gasteiger partial charge in [-0.2, -0.15) is 0 Å². The van der Waals surface area contributed by atoms with Gasteiger partial charge in [-0.25, -0.2) is 0 Å². The van der Waals surface area contributed by atoms with Gasteiger partial charge in [0.1, 0.15) is 11.5 Å². The molecule has 0 fully saturated rings. The summed E-state index contributed by atoms with van der Waals surface area (Å²) in [6.07, 6.45) is 5.20. The van der Waals surface area contributed by atoms with E-state index in [1.807, 2.05) is 73.7 Å². The van der Waals surface area contributed by atoms with Crippen LogP contribution in [0.5, 0.6) is 11.5 Å². The summed E-state index contributed by atoms with van der Waals surface area (Å²) in [5.41, 5.74) is 7.72. The second kappa shape index (κ2) is 12.1. The van der Waals surface area contributed by atoms with Crippen LogP contribution in [0, 0.1) is 6.92 Å². The molecule has 1 heterocycles. The summed E-state index contributed by atoms with van der Waals surface area (Å²) >= 11 is 3.48. The molecular formula is C45H36BrNO4. The molecule has 0 spiro atoms. The average molecular weight is 735 g/mol. The molecule has 1 aliphatic carbocycles. The third-order valence-corrected chi connectivity index (χ3v) is 11.2. The highest BCUT2D eigenvalue weighted by molar-refractivity contribution is 9.10. The van der Waals surface area contributed by atoms with Crippen LogP contribution in [-0.4, -0.2) is 26.4 Å². The number of hydrogen-bond donors (Lipinski definition) is 0. The van der Waals surface area contributed by atoms with E-state index < -0.39 is 11.0 Å². The summed E-state index contributed by atoms with van der Waals surface area (Å²) in [7, 11) is 3.42. The predicted molar refractivity (Wildman–Crippen MR) is 208 cm³/mol. The van der Waals surface area contributed by atoms with Crippen molar-refractivity contribution in [3.05, 3.63) is 164 Å². The van der Waals surface area contributed by atoms with Gasteiger partial charge in [0, 0.05) is 50.3 Å². The molecule has 6 heteroatoms. The number of rotatable bonds is 6. The average Bonchev–Trinajstić information content (AvgIpc) is 3.40. The van der Waals surface area contributed by atoms with Gasteiger partial charge in [-0.1, -0.05) is 109 Å². The Labute approximate surface area is 306 Å². The Bertz CT molecular complexity index is 2410. The topological polar surface area (TPSA) is 55.8 Å². The van der Waals surface area contributed by atoms with Crippen LogP contribution in [0.1, 0.15) is 67.9 Å². The monoisotopic (exact) mass is 733 g/mol. The molecule has 1 unspecified atom stereocenters. The number of halogens is 1. The molecule has 6 aromatic rings. The van der Waals surface area contributed by atoms with Crippen molar-refractivity contribution in [2.24, 2.45) is 0 Å². The summed E-state index contributed by atoms with van der Waals surface area (Å²) in [5, 5.41) is 1.90. The van der Waals surface area contributed by atoms with Gasteiger partial charge in [-0.05, 0) is 82.6 Å². The van der Waals surface area contributed by atoms with E-state index in [-0.39, 0.29) is 5.91 Å². The lowest BCUT2D eigenvalue weighted by Crippen LogP contribution is -2.35. The van der Waals surface area contributed by atoms with Crippen LogP contribution < -0.4 is 14.4 Å². The number of aldehydes is 1. The van der Waals surface area contributed by atoms with Gasteiger partial charge in [-0.3, -0.25) is 9.59 Å². The number of carbonyl (C=O) groups is 2. The fourth-order valence-corrected chi connectivity index (χ4v) is 8.36. The first-order valence-corrected chi connectivity index (χ1v) is 17.7. The van der Waals surface area contributed by atoms with Crippen molar-refractivity contribution in [2.45, 2.75) is 31.8 Å². The summed E-state index contributed by atoms with van der Waals surface area (Å²) in [6, 6.07) is 36.2. The number of nitrogens with zero attached hydrogens (tertiary/aromatic N) is 1. The molecule has 0 N–H and O–H groups in total. The Balaban J connectivity index is 1.38. The van der Waals surface area contributed by atoms with Gasteiger partial charge in [0.05, 0.1) is 12.7 Å². The third-order valence-electron chi connectivity index (χ3n) is 10.6. The molecule has 0 bridgehead atoms. The zero-order valence-corrected chi connectivity index (χ0v) is 30.7. The largest absolute Gasteiger partial charge is 0.497 e. The molecule has 1 atom stereocenters. The number of ether oxygens (including phenoxy) is 2. The highest BCUT2D eigenvalue weighted by Gasteiger charge is 2.46. The molecule has 0 saturated carbocycles. The van der Waals surface area contributed by atoms with Crippen LogP contribution in [0.2, 0.25) is 0 Å². The van der Waals surface area contributed by atoms with E-state index in [0.717, 1.165) is 83.2 Å². The Morgan fingerprint density at radius 3 is 2.16 bits per heavy atom. The van der Waals surface area contributed by atoms with Gasteiger partial charge in [0.15, 0.2) is 11.9 Å². The van der Waals surface area contributed by atoms with Crippen LogP contribution in [0.3, 0.4) is 0 Å². The minimum absolute atomic E-state index is 0.233. The van der Waals surface area contributed by atoms with Gasteiger partial charge >= 0.3 is 0 Å². The summed E-state index contributed by atoms with van der Waals surface area (Å²) in [6.45, 7) is 6.33. The van der Waals surface area contributed by atoms with E-state index in [4.69, 9.17) is 9.47 Å². The maximum atomic E-state index is 14.3. The molecule has 2 aliphatic rings. The van der Waals surface area contributed by atoms with E-state index in [1.54, 1.807) is 19.1 Å². The van der Waals surface area contributed by atoms with Crippen molar-refractivity contribution in [3.8, 4) is 22.6 Å². The number of fused-ring (bicyclic) bond motifs is 8. The first-order chi connectivity index (χ1) is 24.6. The predicted octanol–water partition coefficient (Wildman–Crippen LogP) is 10.7. The van der Waals surface area contributed by atoms with Gasteiger partial charge in [-0.15, -0.1) is 0 Å². The van der Waals surface area contributed by atoms with E-state index in [0.29, 0.717) is 11.1 Å². The Kier molecular flexibility index (Phi) is 7.76. The lowest BCUT2D eigenvalue weighted by atomic mass is 9.76. The van der Waals surface area contributed by atoms with E-state index in [9.17, 15) is 9.59 Å². The van der Waals surface area contributed by atoms with Gasteiger partial charge < -0.3 is 14.4 Å². The molecule has 0 aromatic heterocycles. The van der Waals surface area contributed by atoms with Gasteiger partial charge in [0.2, 0.25) is 0 Å². The lowest BCUT2D eigenvalue weighted by molar-refractivity contribution is 0.0985. The first-order valence-electron chi connectivity index (χ1n) is 17.0. The third kappa shape index (κ3) is 4.88. The zero-order chi connectivity index (χ0) is 35.7. The molecule has 51 heavy (non-hydrogen) atoms. The lowest BCUT2D eigenvalue weighted by Gasteiger charge is -2.38. The summed E-state index contributed by atoms with van der Waals surface area (Å²) < 4.78 is 13.8. The van der Waals surface area contributed by atoms with Crippen molar-refractivity contribution in [1.29, 1.82) is 0 Å². The number of hydrogen-bond acceptors (Lipinski definition) is 4. The van der Waals surface area contributed by atoms with Crippen LogP contribution in [0.15, 0.2) is 120 Å². The van der Waals surface area contributed by atoms with Crippen LogP contribution in [-0.2, 0) is 11.0 Å². The molecule has 1 aliphatic heterocycles. The maximum Gasteiger partial charge on any atom is 0.259 e. The SMILES string of the molecule is COc1ccc(C2(c3ccccc3)C=Cc3c4c(c5ccccc5c3O2)-c2c(cc(C)c(C(=O)N(C)c3ccc(Br)cc3)c2C=O)C4(C)C)cc1. The van der Waals surface area contributed by atoms with Crippen molar-refractivity contribution < 1.29 is 19.1 Å². The normalized spacial score (nSPS) is 16.5. The number of methoxy groups -OCH3 is 1. The highest BCUT2D eigenvalue weighted by atomic mass is 79.9. The minimum Gasteiger partial charge on any atom is -0.497 e. The quantitative estimate of drug-likeness (QED) is 0.160. The van der Waals surface area contributed by atoms with Crippen LogP contribution in [0.25, 0.3) is 28.0 Å². The zero-order valence-electron chi connectivity index (χ0n) is 29.1. The Hall–Kier alpha value is -5.46. The standard InChI is InChI=1S/C45H36BrNO4/c1-27-25-37-39(36(26-48)38(27)43(49)47(4)31-19-17-30(46)18-20-31)40-33-13-9-10-14-34(33)42-35(41(40)44(37,2)3)23-24-45(51-42,28-11-7-6-8-12-28)29-15-21-32(50-5)22-16-29/h6-26H,1-5H3. The number of aryl methyl sites for hydroxylation is 1. The molecule has 8 rings (SSSR count). The number of carbonyl (C=O) groups excluding carboxylic acids is 2. The number of amides is 1. The van der Waals surface area contributed by atoms with E-state index >= 15 is 0 Å². The van der Waals surface area contributed by atoms with Crippen molar-refractivity contribution >= 4 is 50.7 Å². The number of anilines is 1. The van der Waals surface area contributed by atoms with Crippen LogP contribution >= 0.6 is 15.9 Å².